The fraction of sp³-hybridized carbons (Fsp3) is 0.353. The first kappa shape index (κ1) is 16.3. The van der Waals surface area contributed by atoms with Gasteiger partial charge >= 0.3 is 0 Å². The average Bonchev–Trinajstić information content (AvgIpc) is 2.45. The summed E-state index contributed by atoms with van der Waals surface area (Å²) in [6.45, 7) is 8.16. The van der Waals surface area contributed by atoms with Gasteiger partial charge in [0, 0.05) is 11.1 Å². The SMILES string of the molecule is CSc1nc(NC(C)(C)C)c(C#N)c(-c2ccc(C)cc2)n1. The summed E-state index contributed by atoms with van der Waals surface area (Å²) in [6, 6.07) is 10.3. The van der Waals surface area contributed by atoms with Crippen LogP contribution in [0.2, 0.25) is 0 Å². The Morgan fingerprint density at radius 2 is 1.77 bits per heavy atom. The Morgan fingerprint density at radius 1 is 1.14 bits per heavy atom. The van der Waals surface area contributed by atoms with E-state index in [9.17, 15) is 5.26 Å². The molecule has 0 aliphatic carbocycles. The molecule has 0 aliphatic heterocycles. The van der Waals surface area contributed by atoms with Gasteiger partial charge in [0.05, 0.1) is 5.69 Å². The van der Waals surface area contributed by atoms with Crippen molar-refractivity contribution in [1.29, 1.82) is 5.26 Å². The Labute approximate surface area is 136 Å². The molecule has 0 saturated heterocycles. The molecule has 22 heavy (non-hydrogen) atoms. The quantitative estimate of drug-likeness (QED) is 0.678. The molecule has 0 aliphatic rings. The molecule has 0 saturated carbocycles. The molecule has 1 heterocycles. The van der Waals surface area contributed by atoms with Gasteiger partial charge in [0.1, 0.15) is 17.5 Å². The van der Waals surface area contributed by atoms with Crippen molar-refractivity contribution in [2.75, 3.05) is 11.6 Å². The largest absolute Gasteiger partial charge is 0.364 e. The van der Waals surface area contributed by atoms with Gasteiger partial charge in [-0.25, -0.2) is 9.97 Å². The topological polar surface area (TPSA) is 61.6 Å². The molecule has 0 spiro atoms. The Bertz CT molecular complexity index is 709. The van der Waals surface area contributed by atoms with Crippen molar-refractivity contribution in [1.82, 2.24) is 9.97 Å². The summed E-state index contributed by atoms with van der Waals surface area (Å²) in [5.41, 5.74) is 3.08. The van der Waals surface area contributed by atoms with E-state index < -0.39 is 0 Å². The molecule has 2 aromatic rings. The first-order valence-electron chi connectivity index (χ1n) is 7.05. The Morgan fingerprint density at radius 3 is 2.27 bits per heavy atom. The second kappa shape index (κ2) is 6.37. The Hall–Kier alpha value is -2.06. The maximum atomic E-state index is 9.60. The minimum Gasteiger partial charge on any atom is -0.364 e. The van der Waals surface area contributed by atoms with Crippen LogP contribution in [0, 0.1) is 18.3 Å². The van der Waals surface area contributed by atoms with Crippen molar-refractivity contribution in [2.45, 2.75) is 38.4 Å². The summed E-state index contributed by atoms with van der Waals surface area (Å²) < 4.78 is 0. The number of rotatable bonds is 3. The minimum atomic E-state index is -0.180. The van der Waals surface area contributed by atoms with E-state index in [1.54, 1.807) is 0 Å². The number of hydrogen-bond acceptors (Lipinski definition) is 5. The summed E-state index contributed by atoms with van der Waals surface area (Å²) in [5, 5.41) is 13.6. The zero-order chi connectivity index (χ0) is 16.3. The third-order valence-corrected chi connectivity index (χ3v) is 3.55. The number of anilines is 1. The van der Waals surface area contributed by atoms with Gasteiger partial charge in [-0.3, -0.25) is 0 Å². The van der Waals surface area contributed by atoms with Crippen LogP contribution in [-0.4, -0.2) is 21.8 Å². The van der Waals surface area contributed by atoms with Crippen LogP contribution in [-0.2, 0) is 0 Å². The minimum absolute atomic E-state index is 0.180. The van der Waals surface area contributed by atoms with Crippen LogP contribution in [0.25, 0.3) is 11.3 Å². The van der Waals surface area contributed by atoms with Crippen LogP contribution < -0.4 is 5.32 Å². The van der Waals surface area contributed by atoms with E-state index in [0.717, 1.165) is 5.56 Å². The summed E-state index contributed by atoms with van der Waals surface area (Å²) >= 11 is 1.47. The van der Waals surface area contributed by atoms with Gasteiger partial charge in [0.15, 0.2) is 5.16 Å². The molecular weight excluding hydrogens is 292 g/mol. The maximum absolute atomic E-state index is 9.60. The van der Waals surface area contributed by atoms with E-state index in [0.29, 0.717) is 22.2 Å². The highest BCUT2D eigenvalue weighted by Crippen LogP contribution is 2.29. The summed E-state index contributed by atoms with van der Waals surface area (Å²) in [7, 11) is 0. The molecule has 0 amide bonds. The number of nitriles is 1. The lowest BCUT2D eigenvalue weighted by atomic mass is 10.0. The Balaban J connectivity index is 2.64. The van der Waals surface area contributed by atoms with E-state index in [1.165, 1.54) is 17.3 Å². The standard InChI is InChI=1S/C17H20N4S/c1-11-6-8-12(9-7-11)14-13(10-18)15(21-17(2,3)4)20-16(19-14)22-5/h6-9H,1-5H3,(H,19,20,21). The number of benzene rings is 1. The molecule has 0 unspecified atom stereocenters. The van der Waals surface area contributed by atoms with Crippen LogP contribution in [0.1, 0.15) is 31.9 Å². The highest BCUT2D eigenvalue weighted by molar-refractivity contribution is 7.98. The van der Waals surface area contributed by atoms with Gasteiger partial charge in [0.25, 0.3) is 0 Å². The lowest BCUT2D eigenvalue weighted by Crippen LogP contribution is -2.27. The molecule has 1 aromatic heterocycles. The summed E-state index contributed by atoms with van der Waals surface area (Å²) in [6.07, 6.45) is 1.93. The molecule has 5 heteroatoms. The third-order valence-electron chi connectivity index (χ3n) is 3.00. The lowest BCUT2D eigenvalue weighted by molar-refractivity contribution is 0.628. The van der Waals surface area contributed by atoms with E-state index in [1.807, 2.05) is 58.2 Å². The van der Waals surface area contributed by atoms with Crippen molar-refractivity contribution in [3.05, 3.63) is 35.4 Å². The monoisotopic (exact) mass is 312 g/mol. The normalized spacial score (nSPS) is 11.1. The van der Waals surface area contributed by atoms with E-state index >= 15 is 0 Å². The van der Waals surface area contributed by atoms with Crippen molar-refractivity contribution in [3.8, 4) is 17.3 Å². The van der Waals surface area contributed by atoms with Crippen molar-refractivity contribution in [3.63, 3.8) is 0 Å². The van der Waals surface area contributed by atoms with Gasteiger partial charge in [-0.1, -0.05) is 41.6 Å². The molecule has 0 radical (unpaired) electrons. The molecule has 4 nitrogen and oxygen atoms in total. The smallest absolute Gasteiger partial charge is 0.189 e. The number of thioether (sulfide) groups is 1. The number of aryl methyl sites for hydroxylation is 1. The number of nitrogens with zero attached hydrogens (tertiary/aromatic N) is 3. The van der Waals surface area contributed by atoms with Crippen LogP contribution >= 0.6 is 11.8 Å². The highest BCUT2D eigenvalue weighted by atomic mass is 32.2. The molecular formula is C17H20N4S. The lowest BCUT2D eigenvalue weighted by Gasteiger charge is -2.23. The number of aromatic nitrogens is 2. The van der Waals surface area contributed by atoms with Crippen molar-refractivity contribution in [2.24, 2.45) is 0 Å². The molecule has 0 fully saturated rings. The van der Waals surface area contributed by atoms with Gasteiger partial charge < -0.3 is 5.32 Å². The molecule has 1 N–H and O–H groups in total. The fourth-order valence-electron chi connectivity index (χ4n) is 2.00. The van der Waals surface area contributed by atoms with Gasteiger partial charge in [0.2, 0.25) is 0 Å². The van der Waals surface area contributed by atoms with E-state index in [-0.39, 0.29) is 5.54 Å². The zero-order valence-electron chi connectivity index (χ0n) is 13.6. The van der Waals surface area contributed by atoms with Crippen LogP contribution in [0.3, 0.4) is 0 Å². The Kier molecular flexibility index (Phi) is 4.72. The molecule has 2 rings (SSSR count). The van der Waals surface area contributed by atoms with E-state index in [4.69, 9.17) is 0 Å². The molecule has 0 bridgehead atoms. The van der Waals surface area contributed by atoms with Gasteiger partial charge in [-0.05, 0) is 34.0 Å². The second-order valence-corrected chi connectivity index (χ2v) is 6.91. The third kappa shape index (κ3) is 3.77. The van der Waals surface area contributed by atoms with Crippen molar-refractivity contribution >= 4 is 17.6 Å². The summed E-state index contributed by atoms with van der Waals surface area (Å²) in [4.78, 5) is 9.01. The first-order chi connectivity index (χ1) is 10.3. The fourth-order valence-corrected chi connectivity index (χ4v) is 2.37. The molecule has 0 atom stereocenters. The summed E-state index contributed by atoms with van der Waals surface area (Å²) in [5.74, 6) is 0.588. The average molecular weight is 312 g/mol. The predicted octanol–water partition coefficient (Wildman–Crippen LogP) is 4.26. The maximum Gasteiger partial charge on any atom is 0.189 e. The number of nitrogens with one attached hydrogen (secondary N) is 1. The number of hydrogen-bond donors (Lipinski definition) is 1. The van der Waals surface area contributed by atoms with Gasteiger partial charge in [-0.15, -0.1) is 0 Å². The van der Waals surface area contributed by atoms with Crippen LogP contribution in [0.5, 0.6) is 0 Å². The van der Waals surface area contributed by atoms with Crippen LogP contribution in [0.15, 0.2) is 29.4 Å². The van der Waals surface area contributed by atoms with Gasteiger partial charge in [-0.2, -0.15) is 5.26 Å². The van der Waals surface area contributed by atoms with Crippen molar-refractivity contribution < 1.29 is 0 Å². The van der Waals surface area contributed by atoms with E-state index in [2.05, 4.69) is 21.4 Å². The molecule has 1 aromatic carbocycles. The zero-order valence-corrected chi connectivity index (χ0v) is 14.4. The highest BCUT2D eigenvalue weighted by Gasteiger charge is 2.19. The predicted molar refractivity (Wildman–Crippen MR) is 92.1 cm³/mol. The second-order valence-electron chi connectivity index (χ2n) is 6.14. The molecule has 114 valence electrons. The first-order valence-corrected chi connectivity index (χ1v) is 8.28. The van der Waals surface area contributed by atoms with Crippen LogP contribution in [0.4, 0.5) is 5.82 Å².